The summed E-state index contributed by atoms with van der Waals surface area (Å²) in [4.78, 5) is 4.36. The van der Waals surface area contributed by atoms with Gasteiger partial charge in [-0.2, -0.15) is 0 Å². The van der Waals surface area contributed by atoms with Crippen molar-refractivity contribution in [1.29, 1.82) is 0 Å². The molecule has 0 saturated heterocycles. The molecule has 2 saturated carbocycles. The summed E-state index contributed by atoms with van der Waals surface area (Å²) in [6, 6.07) is 9.12. The fourth-order valence-electron chi connectivity index (χ4n) is 8.01. The first-order valence-corrected chi connectivity index (χ1v) is 13.6. The van der Waals surface area contributed by atoms with Gasteiger partial charge >= 0.3 is 0 Å². The SMILES string of the molecule is COCCOC1CCC2=CC3=CCC4(C)C(c5ccc6ccncc6c5)CCC4C3CCC2(O)C1. The van der Waals surface area contributed by atoms with E-state index in [0.29, 0.717) is 31.0 Å². The third kappa shape index (κ3) is 4.08. The Hall–Kier alpha value is -2.01. The highest BCUT2D eigenvalue weighted by Gasteiger charge is 2.53. The lowest BCUT2D eigenvalue weighted by Crippen LogP contribution is -2.41. The van der Waals surface area contributed by atoms with Crippen LogP contribution >= 0.6 is 0 Å². The molecule has 0 radical (unpaired) electrons. The summed E-state index contributed by atoms with van der Waals surface area (Å²) in [5, 5.41) is 14.3. The third-order valence-corrected chi connectivity index (χ3v) is 9.92. The van der Waals surface area contributed by atoms with Gasteiger partial charge in [0.1, 0.15) is 0 Å². The average molecular weight is 474 g/mol. The number of allylic oxidation sites excluding steroid dienone is 3. The van der Waals surface area contributed by atoms with Gasteiger partial charge in [0.15, 0.2) is 0 Å². The van der Waals surface area contributed by atoms with Crippen LogP contribution in [0.5, 0.6) is 0 Å². The van der Waals surface area contributed by atoms with E-state index in [1.165, 1.54) is 40.3 Å². The van der Waals surface area contributed by atoms with Gasteiger partial charge in [0.2, 0.25) is 0 Å². The molecule has 1 heterocycles. The molecule has 0 aliphatic heterocycles. The van der Waals surface area contributed by atoms with Crippen molar-refractivity contribution in [2.75, 3.05) is 20.3 Å². The van der Waals surface area contributed by atoms with Crippen molar-refractivity contribution in [1.82, 2.24) is 4.98 Å². The number of ether oxygens (including phenoxy) is 2. The molecule has 1 aromatic carbocycles. The topological polar surface area (TPSA) is 51.6 Å². The quantitative estimate of drug-likeness (QED) is 0.514. The predicted octanol–water partition coefficient (Wildman–Crippen LogP) is 6.35. The van der Waals surface area contributed by atoms with Gasteiger partial charge in [-0.1, -0.05) is 31.2 Å². The molecule has 35 heavy (non-hydrogen) atoms. The van der Waals surface area contributed by atoms with E-state index in [1.54, 1.807) is 7.11 Å². The zero-order valence-electron chi connectivity index (χ0n) is 21.2. The zero-order chi connectivity index (χ0) is 24.0. The van der Waals surface area contributed by atoms with Gasteiger partial charge in [0, 0.05) is 31.3 Å². The second-order valence-corrected chi connectivity index (χ2v) is 11.7. The molecule has 6 atom stereocenters. The Kier molecular flexibility index (Phi) is 6.11. The lowest BCUT2D eigenvalue weighted by atomic mass is 9.60. The van der Waals surface area contributed by atoms with Gasteiger partial charge in [0.05, 0.1) is 24.9 Å². The molecule has 4 nitrogen and oxygen atoms in total. The van der Waals surface area contributed by atoms with E-state index in [1.807, 2.05) is 12.4 Å². The maximum atomic E-state index is 11.8. The highest BCUT2D eigenvalue weighted by Crippen LogP contribution is 2.62. The summed E-state index contributed by atoms with van der Waals surface area (Å²) in [6.07, 6.45) is 17.2. The minimum atomic E-state index is -0.714. The van der Waals surface area contributed by atoms with Crippen molar-refractivity contribution < 1.29 is 14.6 Å². The Balaban J connectivity index is 1.24. The number of aromatic nitrogens is 1. The average Bonchev–Trinajstić information content (AvgIpc) is 3.14. The zero-order valence-corrected chi connectivity index (χ0v) is 21.2. The lowest BCUT2D eigenvalue weighted by molar-refractivity contribution is -0.0575. The second-order valence-electron chi connectivity index (χ2n) is 11.7. The predicted molar refractivity (Wildman–Crippen MR) is 139 cm³/mol. The van der Waals surface area contributed by atoms with Gasteiger partial charge < -0.3 is 14.6 Å². The van der Waals surface area contributed by atoms with Crippen molar-refractivity contribution in [2.45, 2.75) is 75.9 Å². The Morgan fingerprint density at radius 2 is 2.00 bits per heavy atom. The fourth-order valence-corrected chi connectivity index (χ4v) is 8.01. The molecule has 2 fully saturated rings. The summed E-state index contributed by atoms with van der Waals surface area (Å²) in [7, 11) is 1.71. The first-order valence-electron chi connectivity index (χ1n) is 13.6. The van der Waals surface area contributed by atoms with Gasteiger partial charge in [-0.3, -0.25) is 4.98 Å². The van der Waals surface area contributed by atoms with Crippen LogP contribution in [-0.2, 0) is 9.47 Å². The Morgan fingerprint density at radius 1 is 1.09 bits per heavy atom. The molecule has 6 unspecified atom stereocenters. The van der Waals surface area contributed by atoms with Gasteiger partial charge in [-0.05, 0) is 102 Å². The molecule has 0 spiro atoms. The van der Waals surface area contributed by atoms with E-state index in [-0.39, 0.29) is 11.5 Å². The van der Waals surface area contributed by atoms with Crippen molar-refractivity contribution in [2.24, 2.45) is 17.3 Å². The van der Waals surface area contributed by atoms with Gasteiger partial charge in [-0.15, -0.1) is 0 Å². The summed E-state index contributed by atoms with van der Waals surface area (Å²) < 4.78 is 11.2. The Labute approximate surface area is 209 Å². The van der Waals surface area contributed by atoms with Crippen molar-refractivity contribution >= 4 is 10.8 Å². The molecule has 0 amide bonds. The summed E-state index contributed by atoms with van der Waals surface area (Å²) >= 11 is 0. The standard InChI is InChI=1S/C31H39NO3/c1-30-12-9-22-18-25-5-6-26(35-16-15-34-2)19-31(25,33)13-10-27(22)29(30)8-7-28(30)23-4-3-21-11-14-32-20-24(21)17-23/h3-4,9,11,14,17-18,20,26-29,33H,5-8,10,12-13,15-16,19H2,1-2H3. The molecule has 186 valence electrons. The van der Waals surface area contributed by atoms with Crippen LogP contribution in [0.3, 0.4) is 0 Å². The summed E-state index contributed by atoms with van der Waals surface area (Å²) in [6.45, 7) is 3.76. The largest absolute Gasteiger partial charge is 0.385 e. The number of benzene rings is 1. The van der Waals surface area contributed by atoms with Crippen LogP contribution in [0.4, 0.5) is 0 Å². The highest BCUT2D eigenvalue weighted by molar-refractivity contribution is 5.82. The number of methoxy groups -OCH3 is 1. The normalized spacial score (nSPS) is 36.5. The molecule has 4 aliphatic carbocycles. The minimum Gasteiger partial charge on any atom is -0.385 e. The molecule has 2 aromatic rings. The van der Waals surface area contributed by atoms with Crippen LogP contribution < -0.4 is 0 Å². The maximum Gasteiger partial charge on any atom is 0.0884 e. The monoisotopic (exact) mass is 473 g/mol. The van der Waals surface area contributed by atoms with Crippen molar-refractivity contribution in [3.8, 4) is 0 Å². The maximum absolute atomic E-state index is 11.8. The number of hydrogen-bond acceptors (Lipinski definition) is 4. The molecule has 4 aliphatic rings. The van der Waals surface area contributed by atoms with E-state index < -0.39 is 5.60 Å². The van der Waals surface area contributed by atoms with E-state index in [9.17, 15) is 5.11 Å². The number of aliphatic hydroxyl groups is 1. The van der Waals surface area contributed by atoms with Crippen LogP contribution in [0.25, 0.3) is 10.8 Å². The van der Waals surface area contributed by atoms with Crippen LogP contribution in [0.15, 0.2) is 60.0 Å². The molecule has 4 heteroatoms. The second kappa shape index (κ2) is 9.14. The molecule has 6 rings (SSSR count). The van der Waals surface area contributed by atoms with Gasteiger partial charge in [-0.25, -0.2) is 0 Å². The fraction of sp³-hybridized carbons (Fsp3) is 0.581. The smallest absolute Gasteiger partial charge is 0.0884 e. The molecular formula is C31H39NO3. The number of rotatable bonds is 5. The van der Waals surface area contributed by atoms with Crippen LogP contribution in [0.2, 0.25) is 0 Å². The molecule has 0 bridgehead atoms. The van der Waals surface area contributed by atoms with Crippen LogP contribution in [-0.4, -0.2) is 42.1 Å². The first-order chi connectivity index (χ1) is 17.0. The van der Waals surface area contributed by atoms with Crippen LogP contribution in [0.1, 0.15) is 69.8 Å². The van der Waals surface area contributed by atoms with Crippen LogP contribution in [0, 0.1) is 17.3 Å². The highest BCUT2D eigenvalue weighted by atomic mass is 16.5. The van der Waals surface area contributed by atoms with E-state index >= 15 is 0 Å². The van der Waals surface area contributed by atoms with Crippen molar-refractivity contribution in [3.05, 3.63) is 65.5 Å². The Morgan fingerprint density at radius 3 is 2.89 bits per heavy atom. The van der Waals surface area contributed by atoms with Crippen molar-refractivity contribution in [3.63, 3.8) is 0 Å². The third-order valence-electron chi connectivity index (χ3n) is 9.92. The summed E-state index contributed by atoms with van der Waals surface area (Å²) in [5.41, 5.74) is 3.78. The van der Waals surface area contributed by atoms with E-state index in [4.69, 9.17) is 9.47 Å². The lowest BCUT2D eigenvalue weighted by Gasteiger charge is -2.44. The number of nitrogens with zero attached hydrogens (tertiary/aromatic N) is 1. The molecule has 1 N–H and O–H groups in total. The molecular weight excluding hydrogens is 434 g/mol. The molecule has 1 aromatic heterocycles. The van der Waals surface area contributed by atoms with E-state index in [0.717, 1.165) is 38.5 Å². The Bertz CT molecular complexity index is 1150. The first kappa shape index (κ1) is 23.4. The number of fused-ring (bicyclic) bond motifs is 5. The van der Waals surface area contributed by atoms with E-state index in [2.05, 4.69) is 48.3 Å². The number of hydrogen-bond donors (Lipinski definition) is 1. The summed E-state index contributed by atoms with van der Waals surface area (Å²) in [5.74, 6) is 1.80. The number of pyridine rings is 1. The van der Waals surface area contributed by atoms with Gasteiger partial charge in [0.25, 0.3) is 0 Å². The minimum absolute atomic E-state index is 0.130.